The molecule has 6 aromatic rings. The fourth-order valence-corrected chi connectivity index (χ4v) is 8.25. The van der Waals surface area contributed by atoms with E-state index in [1.54, 1.807) is 42.5 Å². The molecule has 0 saturated carbocycles. The van der Waals surface area contributed by atoms with Gasteiger partial charge in [0.25, 0.3) is 11.8 Å². The van der Waals surface area contributed by atoms with Crippen LogP contribution in [0.25, 0.3) is 0 Å². The predicted molar refractivity (Wildman–Crippen MR) is 232 cm³/mol. The zero-order valence-corrected chi connectivity index (χ0v) is 35.6. The van der Waals surface area contributed by atoms with Crippen LogP contribution < -0.4 is 15.5 Å². The Hall–Kier alpha value is -6.45. The SMILES string of the molecule is Cc1ccc(N(CCc2ccc(C(F)(F)F)nc2)C(=O)[C@](N)(c2ccc(F)cc2)[C@](O)(C(=O)N(CCc2ccc(C(F)(F)F)nc2)c2ccc3c(c2)CCCC3)c2ccccc2)cc1C. The van der Waals surface area contributed by atoms with Gasteiger partial charge in [0.05, 0.1) is 0 Å². The van der Waals surface area contributed by atoms with Gasteiger partial charge in [0.1, 0.15) is 17.2 Å². The van der Waals surface area contributed by atoms with Gasteiger partial charge in [-0.3, -0.25) is 19.6 Å². The van der Waals surface area contributed by atoms with Crippen LogP contribution in [0.5, 0.6) is 0 Å². The lowest BCUT2D eigenvalue weighted by Crippen LogP contribution is -2.70. The second kappa shape index (κ2) is 18.6. The Labute approximate surface area is 371 Å². The topological polar surface area (TPSA) is 113 Å². The van der Waals surface area contributed by atoms with Crippen molar-refractivity contribution in [1.82, 2.24) is 9.97 Å². The van der Waals surface area contributed by atoms with E-state index in [0.717, 1.165) is 78.2 Å². The Balaban J connectivity index is 1.41. The summed E-state index contributed by atoms with van der Waals surface area (Å²) in [6.45, 7) is 3.20. The standard InChI is InChI=1S/C50H46F7N5O3/c1-32-12-20-41(28-33(32)2)61(26-24-34-13-22-43(59-30-34)49(52,53)54)45(63)47(58,38-16-18-40(51)19-17-38)48(65,39-10-4-3-5-11-39)46(64)62(42-21-15-36-8-6-7-9-37(36)29-42)27-25-35-14-23-44(60-31-35)50(55,56)57/h3-5,10-23,28-31,65H,6-9,24-27,58H2,1-2H3/t47-,48-/m1/s1. The number of carbonyl (C=O) groups is 2. The highest BCUT2D eigenvalue weighted by molar-refractivity contribution is 6.10. The molecule has 2 atom stereocenters. The Morgan fingerprint density at radius 2 is 1.14 bits per heavy atom. The van der Waals surface area contributed by atoms with E-state index in [0.29, 0.717) is 23.2 Å². The molecule has 1 aliphatic rings. The van der Waals surface area contributed by atoms with Crippen LogP contribution in [0.3, 0.4) is 0 Å². The van der Waals surface area contributed by atoms with E-state index < -0.39 is 52.5 Å². The predicted octanol–water partition coefficient (Wildman–Crippen LogP) is 9.74. The molecular formula is C50H46F7N5O3. The largest absolute Gasteiger partial charge is 0.433 e. The molecule has 0 bridgehead atoms. The number of fused-ring (bicyclic) bond motifs is 1. The van der Waals surface area contributed by atoms with Crippen LogP contribution in [0.1, 0.15) is 68.7 Å². The molecule has 2 heterocycles. The van der Waals surface area contributed by atoms with Crippen molar-refractivity contribution < 1.29 is 45.4 Å². The first kappa shape index (κ1) is 46.5. The van der Waals surface area contributed by atoms with Crippen molar-refractivity contribution in [2.45, 2.75) is 75.9 Å². The van der Waals surface area contributed by atoms with Crippen LogP contribution in [0.4, 0.5) is 42.1 Å². The summed E-state index contributed by atoms with van der Waals surface area (Å²) in [5.41, 5.74) is 4.11. The van der Waals surface area contributed by atoms with Crippen molar-refractivity contribution in [3.63, 3.8) is 0 Å². The molecule has 8 nitrogen and oxygen atoms in total. The van der Waals surface area contributed by atoms with E-state index in [2.05, 4.69) is 9.97 Å². The molecule has 0 unspecified atom stereocenters. The molecule has 0 spiro atoms. The van der Waals surface area contributed by atoms with Crippen LogP contribution in [-0.2, 0) is 58.8 Å². The smallest absolute Gasteiger partial charge is 0.373 e. The lowest BCUT2D eigenvalue weighted by Gasteiger charge is -2.47. The minimum absolute atomic E-state index is 0.0448. The summed E-state index contributed by atoms with van der Waals surface area (Å²) in [7, 11) is 0. The number of pyridine rings is 2. The Bertz CT molecular complexity index is 2640. The van der Waals surface area contributed by atoms with Crippen molar-refractivity contribution >= 4 is 23.2 Å². The number of aromatic nitrogens is 2. The second-order valence-corrected chi connectivity index (χ2v) is 16.3. The average Bonchev–Trinajstić information content (AvgIpc) is 3.29. The maximum Gasteiger partial charge on any atom is 0.433 e. The summed E-state index contributed by atoms with van der Waals surface area (Å²) in [6.07, 6.45) is -4.01. The molecule has 2 amide bonds. The van der Waals surface area contributed by atoms with Gasteiger partial charge in [-0.1, -0.05) is 66.7 Å². The number of aryl methyl sites for hydroxylation is 4. The summed E-state index contributed by atoms with van der Waals surface area (Å²) in [5, 5.41) is 13.7. The molecule has 65 heavy (non-hydrogen) atoms. The lowest BCUT2D eigenvalue weighted by molar-refractivity contribution is -0.156. The quantitative estimate of drug-likeness (QED) is 0.112. The molecule has 15 heteroatoms. The number of hydrogen-bond donors (Lipinski definition) is 2. The third-order valence-corrected chi connectivity index (χ3v) is 12.1. The number of rotatable bonds is 13. The van der Waals surface area contributed by atoms with Crippen LogP contribution in [0.2, 0.25) is 0 Å². The highest BCUT2D eigenvalue weighted by Crippen LogP contribution is 2.44. The maximum atomic E-state index is 16.0. The van der Waals surface area contributed by atoms with Crippen molar-refractivity contribution in [3.8, 4) is 0 Å². The van der Waals surface area contributed by atoms with Gasteiger partial charge >= 0.3 is 12.4 Å². The summed E-state index contributed by atoms with van der Waals surface area (Å²) in [4.78, 5) is 41.6. The highest BCUT2D eigenvalue weighted by Gasteiger charge is 2.63. The van der Waals surface area contributed by atoms with E-state index in [-0.39, 0.29) is 42.7 Å². The molecule has 4 aromatic carbocycles. The number of carbonyl (C=O) groups excluding carboxylic acids is 2. The summed E-state index contributed by atoms with van der Waals surface area (Å²) >= 11 is 0. The van der Waals surface area contributed by atoms with Crippen LogP contribution >= 0.6 is 0 Å². The molecule has 0 aliphatic heterocycles. The normalized spacial score (nSPS) is 14.8. The number of benzene rings is 4. The Morgan fingerprint density at radius 1 is 0.615 bits per heavy atom. The van der Waals surface area contributed by atoms with E-state index in [1.807, 2.05) is 26.0 Å². The third-order valence-electron chi connectivity index (χ3n) is 12.1. The van der Waals surface area contributed by atoms with Gasteiger partial charge in [0, 0.05) is 36.9 Å². The van der Waals surface area contributed by atoms with Crippen LogP contribution in [0.15, 0.2) is 128 Å². The minimum atomic E-state index is -4.69. The summed E-state index contributed by atoms with van der Waals surface area (Å²) < 4.78 is 95.6. The number of nitrogens with two attached hydrogens (primary N) is 1. The molecule has 7 rings (SSSR count). The summed E-state index contributed by atoms with van der Waals surface area (Å²) in [5.74, 6) is -2.81. The minimum Gasteiger partial charge on any atom is -0.373 e. The molecule has 3 N–H and O–H groups in total. The number of anilines is 2. The van der Waals surface area contributed by atoms with Gasteiger partial charge in [0.2, 0.25) is 0 Å². The molecule has 0 fully saturated rings. The van der Waals surface area contributed by atoms with Gasteiger partial charge in [-0.15, -0.1) is 0 Å². The number of amides is 2. The van der Waals surface area contributed by atoms with Crippen molar-refractivity contribution in [3.05, 3.63) is 189 Å². The molecular weight excluding hydrogens is 852 g/mol. The molecule has 1 aliphatic carbocycles. The van der Waals surface area contributed by atoms with Crippen molar-refractivity contribution in [1.29, 1.82) is 0 Å². The fourth-order valence-electron chi connectivity index (χ4n) is 8.25. The number of nitrogens with zero attached hydrogens (tertiary/aromatic N) is 4. The molecule has 2 aromatic heterocycles. The van der Waals surface area contributed by atoms with Crippen molar-refractivity contribution in [2.24, 2.45) is 5.73 Å². The number of aliphatic hydroxyl groups is 1. The van der Waals surface area contributed by atoms with Gasteiger partial charge in [-0.25, -0.2) is 4.39 Å². The highest BCUT2D eigenvalue weighted by atomic mass is 19.4. The van der Waals surface area contributed by atoms with Gasteiger partial charge < -0.3 is 20.6 Å². The second-order valence-electron chi connectivity index (χ2n) is 16.3. The zero-order chi connectivity index (χ0) is 46.7. The first-order valence-corrected chi connectivity index (χ1v) is 21.0. The van der Waals surface area contributed by atoms with Gasteiger partial charge in [0.15, 0.2) is 11.1 Å². The molecule has 338 valence electrons. The van der Waals surface area contributed by atoms with E-state index >= 15 is 9.59 Å². The number of halogens is 7. The van der Waals surface area contributed by atoms with E-state index in [4.69, 9.17) is 5.73 Å². The van der Waals surface area contributed by atoms with E-state index in [9.17, 15) is 35.8 Å². The molecule has 0 radical (unpaired) electrons. The van der Waals surface area contributed by atoms with Gasteiger partial charge in [-0.2, -0.15) is 26.3 Å². The number of hydrogen-bond acceptors (Lipinski definition) is 6. The molecule has 0 saturated heterocycles. The first-order chi connectivity index (χ1) is 30.8. The Morgan fingerprint density at radius 3 is 1.66 bits per heavy atom. The number of alkyl halides is 6. The average molecular weight is 898 g/mol. The van der Waals surface area contributed by atoms with Crippen LogP contribution in [0, 0.1) is 19.7 Å². The zero-order valence-electron chi connectivity index (χ0n) is 35.6. The van der Waals surface area contributed by atoms with Crippen molar-refractivity contribution in [2.75, 3.05) is 22.9 Å². The summed E-state index contributed by atoms with van der Waals surface area (Å²) in [6, 6.07) is 26.7. The van der Waals surface area contributed by atoms with Crippen LogP contribution in [-0.4, -0.2) is 40.0 Å². The lowest BCUT2D eigenvalue weighted by atomic mass is 9.69. The van der Waals surface area contributed by atoms with Gasteiger partial charge in [-0.05, 0) is 145 Å². The monoisotopic (exact) mass is 897 g/mol. The van der Waals surface area contributed by atoms with E-state index in [1.165, 1.54) is 46.2 Å². The maximum absolute atomic E-state index is 16.0. The fraction of sp³-hybridized carbons (Fsp3) is 0.280. The third kappa shape index (κ3) is 9.67. The first-order valence-electron chi connectivity index (χ1n) is 21.0. The Kier molecular flexibility index (Phi) is 13.3.